The fourth-order valence-corrected chi connectivity index (χ4v) is 2.35. The average Bonchev–Trinajstić information content (AvgIpc) is 2.95. The Morgan fingerprint density at radius 2 is 2.04 bits per heavy atom. The van der Waals surface area contributed by atoms with Gasteiger partial charge in [0.15, 0.2) is 0 Å². The first-order chi connectivity index (χ1) is 11.2. The zero-order valence-electron chi connectivity index (χ0n) is 13.5. The molecule has 2 aromatic rings. The Hall–Kier alpha value is -2.62. The van der Waals surface area contributed by atoms with Crippen LogP contribution in [0.2, 0.25) is 0 Å². The van der Waals surface area contributed by atoms with Crippen LogP contribution in [0.5, 0.6) is 5.75 Å². The predicted molar refractivity (Wildman–Crippen MR) is 92.6 cm³/mol. The van der Waals surface area contributed by atoms with Gasteiger partial charge in [0.05, 0.1) is 19.3 Å². The molecule has 0 N–H and O–H groups in total. The molecule has 0 aliphatic rings. The molecule has 23 heavy (non-hydrogen) atoms. The standard InChI is InChI=1S/C19H22N2O2/c1-4-6-7-17(22)12-16-14-21(20-19(16)5-2)13-15-8-10-18(23-3)11-9-15/h4-5,8-11,14H,1-2,6-7,12-13H2,3H3. The van der Waals surface area contributed by atoms with Crippen LogP contribution in [-0.4, -0.2) is 22.7 Å². The highest BCUT2D eigenvalue weighted by Crippen LogP contribution is 2.15. The van der Waals surface area contributed by atoms with Gasteiger partial charge < -0.3 is 4.74 Å². The van der Waals surface area contributed by atoms with Gasteiger partial charge in [-0.3, -0.25) is 9.48 Å². The molecular formula is C19H22N2O2. The van der Waals surface area contributed by atoms with Crippen LogP contribution in [0.25, 0.3) is 6.08 Å². The minimum atomic E-state index is 0.192. The van der Waals surface area contributed by atoms with E-state index in [0.717, 1.165) is 22.6 Å². The summed E-state index contributed by atoms with van der Waals surface area (Å²) in [6, 6.07) is 7.85. The number of nitrogens with zero attached hydrogens (tertiary/aromatic N) is 2. The summed E-state index contributed by atoms with van der Waals surface area (Å²) in [5, 5.41) is 4.49. The summed E-state index contributed by atoms with van der Waals surface area (Å²) in [6.07, 6.45) is 7.00. The predicted octanol–water partition coefficient (Wildman–Crippen LogP) is 3.66. The van der Waals surface area contributed by atoms with Crippen molar-refractivity contribution >= 4 is 11.9 Å². The smallest absolute Gasteiger partial charge is 0.137 e. The number of aromatic nitrogens is 2. The van der Waals surface area contributed by atoms with E-state index in [4.69, 9.17) is 4.74 Å². The van der Waals surface area contributed by atoms with Crippen molar-refractivity contribution in [2.45, 2.75) is 25.8 Å². The molecule has 0 fully saturated rings. The summed E-state index contributed by atoms with van der Waals surface area (Å²) in [5.74, 6) is 1.02. The Balaban J connectivity index is 2.09. The first-order valence-electron chi connectivity index (χ1n) is 7.60. The lowest BCUT2D eigenvalue weighted by atomic mass is 10.1. The maximum absolute atomic E-state index is 11.9. The van der Waals surface area contributed by atoms with Crippen LogP contribution in [-0.2, 0) is 17.8 Å². The Bertz CT molecular complexity index is 684. The molecule has 0 radical (unpaired) electrons. The second-order valence-corrected chi connectivity index (χ2v) is 5.33. The molecule has 4 heteroatoms. The second kappa shape index (κ2) is 8.13. The molecular weight excluding hydrogens is 288 g/mol. The third-order valence-corrected chi connectivity index (χ3v) is 3.58. The van der Waals surface area contributed by atoms with E-state index in [1.54, 1.807) is 19.3 Å². The van der Waals surface area contributed by atoms with Crippen LogP contribution in [0.3, 0.4) is 0 Å². The van der Waals surface area contributed by atoms with Gasteiger partial charge in [0.1, 0.15) is 11.5 Å². The average molecular weight is 310 g/mol. The highest BCUT2D eigenvalue weighted by atomic mass is 16.5. The van der Waals surface area contributed by atoms with Crippen molar-refractivity contribution in [1.29, 1.82) is 0 Å². The molecule has 0 spiro atoms. The number of ether oxygens (including phenoxy) is 1. The maximum atomic E-state index is 11.9. The molecule has 0 aliphatic carbocycles. The Morgan fingerprint density at radius 1 is 1.30 bits per heavy atom. The van der Waals surface area contributed by atoms with E-state index in [9.17, 15) is 4.79 Å². The van der Waals surface area contributed by atoms with Crippen molar-refractivity contribution < 1.29 is 9.53 Å². The number of ketones is 1. The van der Waals surface area contributed by atoms with Crippen LogP contribution in [0.1, 0.15) is 29.7 Å². The van der Waals surface area contributed by atoms with Gasteiger partial charge in [-0.05, 0) is 30.2 Å². The van der Waals surface area contributed by atoms with E-state index < -0.39 is 0 Å². The molecule has 0 unspecified atom stereocenters. The Kier molecular flexibility index (Phi) is 5.92. The van der Waals surface area contributed by atoms with Crippen LogP contribution in [0.4, 0.5) is 0 Å². The minimum Gasteiger partial charge on any atom is -0.497 e. The molecule has 1 aromatic heterocycles. The van der Waals surface area contributed by atoms with E-state index in [0.29, 0.717) is 25.8 Å². The number of carbonyl (C=O) groups excluding carboxylic acids is 1. The molecule has 0 amide bonds. The maximum Gasteiger partial charge on any atom is 0.137 e. The van der Waals surface area contributed by atoms with Gasteiger partial charge in [-0.15, -0.1) is 6.58 Å². The van der Waals surface area contributed by atoms with Crippen molar-refractivity contribution in [1.82, 2.24) is 9.78 Å². The first kappa shape index (κ1) is 16.7. The molecule has 0 bridgehead atoms. The van der Waals surface area contributed by atoms with Gasteiger partial charge in [0, 0.05) is 24.6 Å². The monoisotopic (exact) mass is 310 g/mol. The molecule has 1 heterocycles. The summed E-state index contributed by atoms with van der Waals surface area (Å²) in [4.78, 5) is 11.9. The van der Waals surface area contributed by atoms with Crippen molar-refractivity contribution in [2.24, 2.45) is 0 Å². The van der Waals surface area contributed by atoms with E-state index in [2.05, 4.69) is 18.3 Å². The molecule has 2 rings (SSSR count). The molecule has 0 atom stereocenters. The number of carbonyl (C=O) groups is 1. The topological polar surface area (TPSA) is 44.1 Å². The molecule has 0 aliphatic heterocycles. The lowest BCUT2D eigenvalue weighted by molar-refractivity contribution is -0.118. The number of methoxy groups -OCH3 is 1. The van der Waals surface area contributed by atoms with Gasteiger partial charge in [0.25, 0.3) is 0 Å². The van der Waals surface area contributed by atoms with Gasteiger partial charge >= 0.3 is 0 Å². The lowest BCUT2D eigenvalue weighted by Gasteiger charge is -2.03. The summed E-state index contributed by atoms with van der Waals surface area (Å²) in [6.45, 7) is 8.07. The normalized spacial score (nSPS) is 10.3. The second-order valence-electron chi connectivity index (χ2n) is 5.33. The largest absolute Gasteiger partial charge is 0.497 e. The van der Waals surface area contributed by atoms with E-state index in [-0.39, 0.29) is 5.78 Å². The van der Waals surface area contributed by atoms with Crippen LogP contribution in [0, 0.1) is 0 Å². The first-order valence-corrected chi connectivity index (χ1v) is 7.60. The van der Waals surface area contributed by atoms with Crippen LogP contribution < -0.4 is 4.74 Å². The van der Waals surface area contributed by atoms with Crippen LogP contribution >= 0.6 is 0 Å². The molecule has 0 saturated carbocycles. The fourth-order valence-electron chi connectivity index (χ4n) is 2.35. The van der Waals surface area contributed by atoms with Crippen molar-refractivity contribution in [3.63, 3.8) is 0 Å². The van der Waals surface area contributed by atoms with Crippen molar-refractivity contribution in [3.05, 3.63) is 66.5 Å². The summed E-state index contributed by atoms with van der Waals surface area (Å²) < 4.78 is 7.00. The SMILES string of the molecule is C=CCCC(=O)Cc1cn(Cc2ccc(OC)cc2)nc1C=C. The molecule has 0 saturated heterocycles. The van der Waals surface area contributed by atoms with Gasteiger partial charge in [-0.25, -0.2) is 0 Å². The Labute approximate surface area is 137 Å². The minimum absolute atomic E-state index is 0.192. The Morgan fingerprint density at radius 3 is 2.65 bits per heavy atom. The third kappa shape index (κ3) is 4.68. The van der Waals surface area contributed by atoms with E-state index in [1.807, 2.05) is 35.1 Å². The zero-order chi connectivity index (χ0) is 16.7. The van der Waals surface area contributed by atoms with Gasteiger partial charge in [-0.2, -0.15) is 5.10 Å². The number of benzene rings is 1. The number of Topliss-reactive ketones (excluding diaryl/α,β-unsaturated/α-hetero) is 1. The summed E-state index contributed by atoms with van der Waals surface area (Å²) >= 11 is 0. The summed E-state index contributed by atoms with van der Waals surface area (Å²) in [7, 11) is 1.65. The highest BCUT2D eigenvalue weighted by Gasteiger charge is 2.11. The van der Waals surface area contributed by atoms with Crippen LogP contribution in [0.15, 0.2) is 49.7 Å². The zero-order valence-corrected chi connectivity index (χ0v) is 13.5. The molecule has 120 valence electrons. The molecule has 1 aromatic carbocycles. The quantitative estimate of drug-likeness (QED) is 0.664. The fraction of sp³-hybridized carbons (Fsp3) is 0.263. The van der Waals surface area contributed by atoms with Crippen molar-refractivity contribution in [2.75, 3.05) is 7.11 Å². The molecule has 4 nitrogen and oxygen atoms in total. The number of hydrogen-bond donors (Lipinski definition) is 0. The van der Waals surface area contributed by atoms with Gasteiger partial charge in [-0.1, -0.05) is 24.8 Å². The summed E-state index contributed by atoms with van der Waals surface area (Å²) in [5.41, 5.74) is 2.81. The van der Waals surface area contributed by atoms with Crippen molar-refractivity contribution in [3.8, 4) is 5.75 Å². The lowest BCUT2D eigenvalue weighted by Crippen LogP contribution is -2.02. The highest BCUT2D eigenvalue weighted by molar-refractivity contribution is 5.81. The number of allylic oxidation sites excluding steroid dienone is 1. The number of rotatable bonds is 9. The van der Waals surface area contributed by atoms with E-state index in [1.165, 1.54) is 0 Å². The van der Waals surface area contributed by atoms with E-state index >= 15 is 0 Å². The number of hydrogen-bond acceptors (Lipinski definition) is 3. The third-order valence-electron chi connectivity index (χ3n) is 3.58. The van der Waals surface area contributed by atoms with Gasteiger partial charge in [0.2, 0.25) is 0 Å².